The van der Waals surface area contributed by atoms with E-state index in [0.29, 0.717) is 0 Å². The zero-order valence-electron chi connectivity index (χ0n) is 35.0. The lowest BCUT2D eigenvalue weighted by molar-refractivity contribution is 0.436. The molecule has 300 valence electrons. The highest BCUT2D eigenvalue weighted by Crippen LogP contribution is 2.63. The van der Waals surface area contributed by atoms with E-state index < -0.39 is 10.8 Å². The van der Waals surface area contributed by atoms with Crippen molar-refractivity contribution in [2.75, 3.05) is 4.90 Å². The Balaban J connectivity index is 1.06. The summed E-state index contributed by atoms with van der Waals surface area (Å²) in [5.74, 6) is 1.79. The van der Waals surface area contributed by atoms with E-state index >= 15 is 0 Å². The first-order valence-corrected chi connectivity index (χ1v) is 22.2. The molecule has 13 rings (SSSR count). The van der Waals surface area contributed by atoms with Crippen molar-refractivity contribution in [1.82, 2.24) is 0 Å². The van der Waals surface area contributed by atoms with E-state index in [1.807, 2.05) is 0 Å². The molecule has 0 atom stereocenters. The molecular weight excluding hydrogens is 775 g/mol. The number of hydrogen-bond acceptors (Lipinski definition) is 2. The van der Waals surface area contributed by atoms with Crippen LogP contribution in [0, 0.1) is 0 Å². The first kappa shape index (κ1) is 36.5. The fourth-order valence-electron chi connectivity index (χ4n) is 11.4. The van der Waals surface area contributed by atoms with Crippen LogP contribution in [-0.4, -0.2) is 0 Å². The summed E-state index contributed by atoms with van der Waals surface area (Å²) in [5, 5.41) is 0. The first-order valence-electron chi connectivity index (χ1n) is 22.2. The smallest absolute Gasteiger partial charge is 0.132 e. The van der Waals surface area contributed by atoms with Crippen LogP contribution in [0.4, 0.5) is 17.1 Å². The molecule has 0 bridgehead atoms. The number of fused-ring (bicyclic) bond motifs is 12. The molecular formula is C62H41NO. The van der Waals surface area contributed by atoms with Gasteiger partial charge in [0.1, 0.15) is 11.5 Å². The lowest BCUT2D eigenvalue weighted by Crippen LogP contribution is -2.32. The van der Waals surface area contributed by atoms with Crippen molar-refractivity contribution in [1.29, 1.82) is 0 Å². The molecule has 1 spiro atoms. The molecule has 2 heteroatoms. The molecule has 0 aromatic heterocycles. The molecule has 1 heterocycles. The number of rotatable bonds is 6. The summed E-state index contributed by atoms with van der Waals surface area (Å²) in [4.78, 5) is 2.46. The predicted molar refractivity (Wildman–Crippen MR) is 261 cm³/mol. The summed E-state index contributed by atoms with van der Waals surface area (Å²) < 4.78 is 6.65. The van der Waals surface area contributed by atoms with Crippen LogP contribution in [0.25, 0.3) is 33.4 Å². The van der Waals surface area contributed by atoms with Gasteiger partial charge in [0, 0.05) is 28.2 Å². The number of benzene rings is 10. The van der Waals surface area contributed by atoms with Crippen LogP contribution in [0.15, 0.2) is 249 Å². The number of para-hydroxylation sites is 2. The summed E-state index contributed by atoms with van der Waals surface area (Å²) in [7, 11) is 0. The minimum atomic E-state index is -0.539. The average Bonchev–Trinajstić information content (AvgIpc) is 3.83. The van der Waals surface area contributed by atoms with Gasteiger partial charge in [-0.25, -0.2) is 0 Å². The molecule has 0 fully saturated rings. The highest BCUT2D eigenvalue weighted by Gasteiger charge is 2.51. The number of hydrogen-bond donors (Lipinski definition) is 0. The van der Waals surface area contributed by atoms with E-state index in [9.17, 15) is 0 Å². The maximum Gasteiger partial charge on any atom is 0.132 e. The topological polar surface area (TPSA) is 12.5 Å². The van der Waals surface area contributed by atoms with Gasteiger partial charge in [0.15, 0.2) is 0 Å². The van der Waals surface area contributed by atoms with E-state index in [1.54, 1.807) is 0 Å². The summed E-state index contributed by atoms with van der Waals surface area (Å²) in [5.41, 5.74) is 19.5. The third kappa shape index (κ3) is 5.08. The van der Waals surface area contributed by atoms with Gasteiger partial charge in [0.25, 0.3) is 0 Å². The molecule has 0 unspecified atom stereocenters. The summed E-state index contributed by atoms with van der Waals surface area (Å²) >= 11 is 0. The van der Waals surface area contributed by atoms with Crippen molar-refractivity contribution < 1.29 is 4.74 Å². The van der Waals surface area contributed by atoms with E-state index in [1.165, 1.54) is 66.8 Å². The quantitative estimate of drug-likeness (QED) is 0.166. The van der Waals surface area contributed by atoms with Crippen molar-refractivity contribution in [2.24, 2.45) is 0 Å². The van der Waals surface area contributed by atoms with Crippen molar-refractivity contribution in [3.8, 4) is 44.9 Å². The number of nitrogens with zero attached hydrogens (tertiary/aromatic N) is 1. The second-order valence-corrected chi connectivity index (χ2v) is 17.1. The molecule has 0 N–H and O–H groups in total. The SMILES string of the molecule is c1ccc(-c2ccc(N(c3ccc4c(c3)-c3ccccc3C43c4ccccc4Oc4ccccc43)c3ccc4c(c3)C(c3ccccc3)(c3ccccc3)c3ccccc3-4)cc2)cc1. The van der Waals surface area contributed by atoms with Gasteiger partial charge in [-0.05, 0) is 115 Å². The van der Waals surface area contributed by atoms with E-state index in [0.717, 1.165) is 39.7 Å². The van der Waals surface area contributed by atoms with E-state index in [4.69, 9.17) is 4.74 Å². The van der Waals surface area contributed by atoms with Gasteiger partial charge in [-0.15, -0.1) is 0 Å². The largest absolute Gasteiger partial charge is 0.457 e. The van der Waals surface area contributed by atoms with Crippen LogP contribution in [0.3, 0.4) is 0 Å². The first-order chi connectivity index (χ1) is 31.7. The lowest BCUT2D eigenvalue weighted by atomic mass is 9.66. The maximum absolute atomic E-state index is 6.65. The van der Waals surface area contributed by atoms with Gasteiger partial charge >= 0.3 is 0 Å². The van der Waals surface area contributed by atoms with Crippen molar-refractivity contribution >= 4 is 17.1 Å². The van der Waals surface area contributed by atoms with Crippen molar-refractivity contribution in [2.45, 2.75) is 10.8 Å². The van der Waals surface area contributed by atoms with Crippen LogP contribution in [0.5, 0.6) is 11.5 Å². The molecule has 0 amide bonds. The molecule has 10 aromatic rings. The average molecular weight is 816 g/mol. The molecule has 1 aliphatic heterocycles. The van der Waals surface area contributed by atoms with Gasteiger partial charge in [-0.2, -0.15) is 0 Å². The summed E-state index contributed by atoms with van der Waals surface area (Å²) in [6, 6.07) is 91.3. The molecule has 0 radical (unpaired) electrons. The van der Waals surface area contributed by atoms with Gasteiger partial charge in [-0.3, -0.25) is 0 Å². The van der Waals surface area contributed by atoms with E-state index in [2.05, 4.69) is 254 Å². The van der Waals surface area contributed by atoms with Gasteiger partial charge in [-0.1, -0.05) is 200 Å². The third-order valence-electron chi connectivity index (χ3n) is 14.0. The molecule has 0 saturated carbocycles. The van der Waals surface area contributed by atoms with Crippen LogP contribution in [0.1, 0.15) is 44.5 Å². The molecule has 0 saturated heterocycles. The monoisotopic (exact) mass is 815 g/mol. The molecule has 64 heavy (non-hydrogen) atoms. The molecule has 10 aromatic carbocycles. The Kier molecular flexibility index (Phi) is 8.07. The molecule has 2 nitrogen and oxygen atoms in total. The normalized spacial score (nSPS) is 14.0. The van der Waals surface area contributed by atoms with Gasteiger partial charge in [0.05, 0.1) is 10.8 Å². The minimum absolute atomic E-state index is 0.527. The lowest BCUT2D eigenvalue weighted by Gasteiger charge is -2.39. The van der Waals surface area contributed by atoms with Crippen LogP contribution in [-0.2, 0) is 10.8 Å². The van der Waals surface area contributed by atoms with Crippen molar-refractivity contribution in [3.05, 3.63) is 293 Å². The maximum atomic E-state index is 6.65. The molecule has 3 aliphatic rings. The second kappa shape index (κ2) is 14.2. The Hall–Kier alpha value is -8.20. The second-order valence-electron chi connectivity index (χ2n) is 17.1. The Morgan fingerprint density at radius 1 is 0.266 bits per heavy atom. The fourth-order valence-corrected chi connectivity index (χ4v) is 11.4. The zero-order chi connectivity index (χ0) is 42.2. The fraction of sp³-hybridized carbons (Fsp3) is 0.0323. The Morgan fingerprint density at radius 2 is 0.688 bits per heavy atom. The highest BCUT2D eigenvalue weighted by molar-refractivity contribution is 5.93. The predicted octanol–water partition coefficient (Wildman–Crippen LogP) is 15.7. The Bertz CT molecular complexity index is 3320. The van der Waals surface area contributed by atoms with Crippen molar-refractivity contribution in [3.63, 3.8) is 0 Å². The van der Waals surface area contributed by atoms with Crippen LogP contribution < -0.4 is 9.64 Å². The Labute approximate surface area is 374 Å². The van der Waals surface area contributed by atoms with E-state index in [-0.39, 0.29) is 0 Å². The number of ether oxygens (including phenoxy) is 1. The Morgan fingerprint density at radius 3 is 1.31 bits per heavy atom. The molecule has 2 aliphatic carbocycles. The highest BCUT2D eigenvalue weighted by atomic mass is 16.5. The third-order valence-corrected chi connectivity index (χ3v) is 14.0. The summed E-state index contributed by atoms with van der Waals surface area (Å²) in [6.45, 7) is 0. The van der Waals surface area contributed by atoms with Crippen LogP contribution >= 0.6 is 0 Å². The standard InChI is InChI=1S/C62H41NO/c1-4-18-42(19-5-1)43-32-34-46(35-33-43)63(48-36-38-51-49-24-10-12-26-53(49)61(58(51)41-48,44-20-6-2-7-21-44)45-22-8-3-9-23-45)47-37-39-55-52(40-47)50-25-11-13-27-54(50)62(55)56-28-14-16-30-59(56)64-60-31-17-15-29-57(60)62/h1-41H. The summed E-state index contributed by atoms with van der Waals surface area (Å²) in [6.07, 6.45) is 0. The minimum Gasteiger partial charge on any atom is -0.457 e. The van der Waals surface area contributed by atoms with Gasteiger partial charge in [0.2, 0.25) is 0 Å². The number of anilines is 3. The van der Waals surface area contributed by atoms with Gasteiger partial charge < -0.3 is 9.64 Å². The zero-order valence-corrected chi connectivity index (χ0v) is 35.0. The van der Waals surface area contributed by atoms with Crippen LogP contribution in [0.2, 0.25) is 0 Å².